The Morgan fingerprint density at radius 3 is 2.21 bits per heavy atom. The lowest BCUT2D eigenvalue weighted by Gasteiger charge is -2.37. The molecule has 7 heteroatoms. The third kappa shape index (κ3) is 3.68. The maximum absolute atomic E-state index is 13.1. The van der Waals surface area contributed by atoms with Crippen LogP contribution in [0.3, 0.4) is 0 Å². The van der Waals surface area contributed by atoms with E-state index in [9.17, 15) is 18.8 Å². The molecule has 4 rings (SSSR count). The summed E-state index contributed by atoms with van der Waals surface area (Å²) in [4.78, 5) is 43.2. The molecule has 0 aromatic heterocycles. The van der Waals surface area contributed by atoms with Gasteiger partial charge in [-0.2, -0.15) is 0 Å². The van der Waals surface area contributed by atoms with Gasteiger partial charge < -0.3 is 4.90 Å². The number of hydrogen-bond acceptors (Lipinski definition) is 4. The average molecular weight is 387 g/mol. The van der Waals surface area contributed by atoms with E-state index in [1.807, 2.05) is 9.80 Å². The van der Waals surface area contributed by atoms with Crippen LogP contribution < -0.4 is 4.90 Å². The van der Waals surface area contributed by atoms with Crippen molar-refractivity contribution in [2.75, 3.05) is 31.1 Å². The van der Waals surface area contributed by atoms with Gasteiger partial charge in [0, 0.05) is 19.0 Å². The summed E-state index contributed by atoms with van der Waals surface area (Å²) in [5.74, 6) is -0.638. The van der Waals surface area contributed by atoms with E-state index in [4.69, 9.17) is 0 Å². The Hall–Kier alpha value is -2.28. The topological polar surface area (TPSA) is 60.9 Å². The Balaban J connectivity index is 1.37. The van der Waals surface area contributed by atoms with Crippen molar-refractivity contribution in [3.63, 3.8) is 0 Å². The first-order chi connectivity index (χ1) is 13.5. The molecule has 28 heavy (non-hydrogen) atoms. The molecule has 3 heterocycles. The number of benzene rings is 1. The smallest absolute Gasteiger partial charge is 0.251 e. The first-order valence-corrected chi connectivity index (χ1v) is 10.2. The molecule has 150 valence electrons. The number of likely N-dealkylation sites (tertiary alicyclic amines) is 2. The maximum Gasteiger partial charge on any atom is 0.251 e. The molecule has 3 saturated heterocycles. The van der Waals surface area contributed by atoms with Crippen LogP contribution >= 0.6 is 0 Å². The van der Waals surface area contributed by atoms with E-state index in [0.29, 0.717) is 18.8 Å². The lowest BCUT2D eigenvalue weighted by atomic mass is 9.93. The lowest BCUT2D eigenvalue weighted by molar-refractivity contribution is -0.138. The van der Waals surface area contributed by atoms with Crippen molar-refractivity contribution in [3.8, 4) is 0 Å². The zero-order chi connectivity index (χ0) is 19.7. The maximum atomic E-state index is 13.1. The summed E-state index contributed by atoms with van der Waals surface area (Å²) in [7, 11) is 0. The Labute approximate surface area is 164 Å². The molecule has 3 aliphatic heterocycles. The minimum absolute atomic E-state index is 0.0229. The van der Waals surface area contributed by atoms with Gasteiger partial charge in [0.1, 0.15) is 5.82 Å². The number of rotatable bonds is 3. The van der Waals surface area contributed by atoms with Crippen LogP contribution in [0, 0.1) is 11.7 Å². The van der Waals surface area contributed by atoms with E-state index < -0.39 is 11.9 Å². The number of piperidine rings is 2. The number of nitrogens with zero attached hydrogens (tertiary/aromatic N) is 3. The van der Waals surface area contributed by atoms with Gasteiger partial charge in [-0.05, 0) is 69.5 Å². The fourth-order valence-electron chi connectivity index (χ4n) is 4.59. The summed E-state index contributed by atoms with van der Waals surface area (Å²) in [6.07, 6.45) is 4.96. The number of carbonyl (C=O) groups excluding carboxylic acids is 3. The second-order valence-corrected chi connectivity index (χ2v) is 7.96. The van der Waals surface area contributed by atoms with Gasteiger partial charge >= 0.3 is 0 Å². The molecule has 0 radical (unpaired) electrons. The summed E-state index contributed by atoms with van der Waals surface area (Å²) < 4.78 is 13.1. The molecule has 3 fully saturated rings. The minimum atomic E-state index is -0.483. The molecule has 0 spiro atoms. The molecule has 0 aliphatic carbocycles. The van der Waals surface area contributed by atoms with E-state index in [-0.39, 0.29) is 30.1 Å². The fraction of sp³-hybridized carbons (Fsp3) is 0.571. The number of halogens is 1. The minimum Gasteiger partial charge on any atom is -0.342 e. The highest BCUT2D eigenvalue weighted by Gasteiger charge is 2.44. The molecule has 3 amide bonds. The van der Waals surface area contributed by atoms with Crippen molar-refractivity contribution in [3.05, 3.63) is 30.1 Å². The summed E-state index contributed by atoms with van der Waals surface area (Å²) >= 11 is 0. The zero-order valence-electron chi connectivity index (χ0n) is 16.0. The van der Waals surface area contributed by atoms with Gasteiger partial charge in [-0.25, -0.2) is 9.29 Å². The number of imide groups is 1. The van der Waals surface area contributed by atoms with Crippen molar-refractivity contribution in [2.45, 2.75) is 44.6 Å². The van der Waals surface area contributed by atoms with Gasteiger partial charge in [0.05, 0.1) is 18.2 Å². The second-order valence-electron chi connectivity index (χ2n) is 7.96. The first kappa shape index (κ1) is 19.1. The molecule has 0 N–H and O–H groups in total. The fourth-order valence-corrected chi connectivity index (χ4v) is 4.59. The quantitative estimate of drug-likeness (QED) is 0.746. The number of amides is 3. The van der Waals surface area contributed by atoms with Crippen molar-refractivity contribution < 1.29 is 18.8 Å². The van der Waals surface area contributed by atoms with Gasteiger partial charge in [-0.1, -0.05) is 0 Å². The highest BCUT2D eigenvalue weighted by atomic mass is 19.1. The van der Waals surface area contributed by atoms with Gasteiger partial charge in [-0.3, -0.25) is 19.3 Å². The van der Waals surface area contributed by atoms with Crippen LogP contribution in [-0.2, 0) is 14.4 Å². The molecule has 0 saturated carbocycles. The predicted octanol–water partition coefficient (Wildman–Crippen LogP) is 2.18. The van der Waals surface area contributed by atoms with E-state index >= 15 is 0 Å². The highest BCUT2D eigenvalue weighted by molar-refractivity contribution is 6.22. The Morgan fingerprint density at radius 1 is 0.929 bits per heavy atom. The average Bonchev–Trinajstić information content (AvgIpc) is 3.03. The summed E-state index contributed by atoms with van der Waals surface area (Å²) in [6.45, 7) is 3.01. The van der Waals surface area contributed by atoms with Gasteiger partial charge in [0.25, 0.3) is 5.91 Å². The standard InChI is InChI=1S/C21H26FN3O3/c22-16-4-6-17(7-5-16)25-19(26)14-18(21(25)28)23-12-8-15(9-13-23)20(27)24-10-2-1-3-11-24/h4-7,15,18H,1-3,8-14H2/t18-/m0/s1. The van der Waals surface area contributed by atoms with Crippen molar-refractivity contribution in [1.29, 1.82) is 0 Å². The summed E-state index contributed by atoms with van der Waals surface area (Å²) in [5.41, 5.74) is 0.411. The molecular weight excluding hydrogens is 361 g/mol. The van der Waals surface area contributed by atoms with Crippen molar-refractivity contribution in [1.82, 2.24) is 9.80 Å². The van der Waals surface area contributed by atoms with E-state index in [0.717, 1.165) is 43.7 Å². The van der Waals surface area contributed by atoms with Crippen LogP contribution in [0.25, 0.3) is 0 Å². The Kier molecular flexibility index (Phi) is 5.44. The zero-order valence-corrected chi connectivity index (χ0v) is 16.0. The number of carbonyl (C=O) groups is 3. The number of anilines is 1. The third-order valence-corrected chi connectivity index (χ3v) is 6.19. The molecule has 6 nitrogen and oxygen atoms in total. The molecule has 3 aliphatic rings. The molecular formula is C21H26FN3O3. The van der Waals surface area contributed by atoms with Crippen LogP contribution in [0.1, 0.15) is 38.5 Å². The largest absolute Gasteiger partial charge is 0.342 e. The van der Waals surface area contributed by atoms with Gasteiger partial charge in [0.15, 0.2) is 0 Å². The third-order valence-electron chi connectivity index (χ3n) is 6.19. The molecule has 0 unspecified atom stereocenters. The summed E-state index contributed by atoms with van der Waals surface area (Å²) in [5, 5.41) is 0. The second kappa shape index (κ2) is 7.99. The summed E-state index contributed by atoms with van der Waals surface area (Å²) in [6, 6.07) is 4.93. The van der Waals surface area contributed by atoms with Crippen LogP contribution in [0.2, 0.25) is 0 Å². The van der Waals surface area contributed by atoms with E-state index in [1.165, 1.54) is 30.7 Å². The molecule has 1 aromatic carbocycles. The van der Waals surface area contributed by atoms with Crippen LogP contribution in [0.5, 0.6) is 0 Å². The Morgan fingerprint density at radius 2 is 1.57 bits per heavy atom. The van der Waals surface area contributed by atoms with Gasteiger partial charge in [-0.15, -0.1) is 0 Å². The SMILES string of the molecule is O=C(C1CCN([C@H]2CC(=O)N(c3ccc(F)cc3)C2=O)CC1)N1CCCCC1. The van der Waals surface area contributed by atoms with Gasteiger partial charge in [0.2, 0.25) is 11.8 Å². The Bertz CT molecular complexity index is 753. The van der Waals surface area contributed by atoms with Crippen molar-refractivity contribution >= 4 is 23.4 Å². The molecule has 1 aromatic rings. The highest BCUT2D eigenvalue weighted by Crippen LogP contribution is 2.29. The monoisotopic (exact) mass is 387 g/mol. The first-order valence-electron chi connectivity index (χ1n) is 10.2. The lowest BCUT2D eigenvalue weighted by Crippen LogP contribution is -2.49. The van der Waals surface area contributed by atoms with E-state index in [1.54, 1.807) is 0 Å². The van der Waals surface area contributed by atoms with Crippen LogP contribution in [0.4, 0.5) is 10.1 Å². The predicted molar refractivity (Wildman–Crippen MR) is 102 cm³/mol. The van der Waals surface area contributed by atoms with Crippen LogP contribution in [0.15, 0.2) is 24.3 Å². The van der Waals surface area contributed by atoms with Crippen molar-refractivity contribution in [2.24, 2.45) is 5.92 Å². The van der Waals surface area contributed by atoms with Crippen LogP contribution in [-0.4, -0.2) is 59.7 Å². The van der Waals surface area contributed by atoms with E-state index in [2.05, 4.69) is 0 Å². The molecule has 0 bridgehead atoms. The normalized spacial score (nSPS) is 24.8. The number of hydrogen-bond donors (Lipinski definition) is 0. The molecule has 1 atom stereocenters.